The molecule has 1 N–H and O–H groups in total. The lowest BCUT2D eigenvalue weighted by atomic mass is 10.0. The number of esters is 1. The lowest BCUT2D eigenvalue weighted by molar-refractivity contribution is -0.138. The highest BCUT2D eigenvalue weighted by atomic mass is 19.1. The number of halogens is 1. The average Bonchev–Trinajstić information content (AvgIpc) is 3.06. The minimum absolute atomic E-state index is 0.199. The van der Waals surface area contributed by atoms with Crippen molar-refractivity contribution in [3.63, 3.8) is 0 Å². The first-order chi connectivity index (χ1) is 13.5. The lowest BCUT2D eigenvalue weighted by Gasteiger charge is -2.36. The zero-order chi connectivity index (χ0) is 20.1. The van der Waals surface area contributed by atoms with Gasteiger partial charge in [0.1, 0.15) is 11.9 Å². The predicted octanol–water partition coefficient (Wildman–Crippen LogP) is 1.04. The van der Waals surface area contributed by atoms with Gasteiger partial charge in [0.25, 0.3) is 0 Å². The summed E-state index contributed by atoms with van der Waals surface area (Å²) in [5.41, 5.74) is 1.34. The molecule has 0 spiro atoms. The number of nitrogens with one attached hydrogen (secondary N) is 1. The molecule has 0 aromatic heterocycles. The van der Waals surface area contributed by atoms with Crippen molar-refractivity contribution in [1.29, 1.82) is 0 Å². The van der Waals surface area contributed by atoms with Crippen LogP contribution in [0, 0.1) is 5.82 Å². The molecule has 7 nitrogen and oxygen atoms in total. The Morgan fingerprint density at radius 1 is 1.32 bits per heavy atom. The Morgan fingerprint density at radius 2 is 2.07 bits per heavy atom. The molecule has 1 saturated heterocycles. The molecule has 1 amide bonds. The maximum atomic E-state index is 14.8. The molecule has 152 valence electrons. The van der Waals surface area contributed by atoms with Crippen molar-refractivity contribution in [1.82, 2.24) is 10.2 Å². The number of nitrogens with zero attached hydrogens (tertiary/aromatic N) is 2. The second-order valence-electron chi connectivity index (χ2n) is 6.95. The van der Waals surface area contributed by atoms with Gasteiger partial charge in [-0.25, -0.2) is 9.18 Å². The van der Waals surface area contributed by atoms with Crippen molar-refractivity contribution < 1.29 is 23.5 Å². The zero-order valence-corrected chi connectivity index (χ0v) is 16.2. The third-order valence-electron chi connectivity index (χ3n) is 4.97. The standard InChI is InChI=1S/C20H26FN3O4/c1-14(25)22-13-16-12-17(20(26)28-16)15-3-4-19(18(21)11-15)24-7-5-23(6-8-24)9-10-27-2/h3-4,11-12,16H,5-10,13H2,1-2H3,(H,22,25)/t16-/m1/s1. The van der Waals surface area contributed by atoms with Crippen LogP contribution in [0.1, 0.15) is 12.5 Å². The maximum Gasteiger partial charge on any atom is 0.339 e. The van der Waals surface area contributed by atoms with Crippen molar-refractivity contribution in [3.8, 4) is 0 Å². The van der Waals surface area contributed by atoms with E-state index in [2.05, 4.69) is 10.2 Å². The molecule has 0 saturated carbocycles. The summed E-state index contributed by atoms with van der Waals surface area (Å²) in [6.45, 7) is 6.36. The van der Waals surface area contributed by atoms with Gasteiger partial charge in [0.15, 0.2) is 0 Å². The Hall–Kier alpha value is -2.45. The molecule has 28 heavy (non-hydrogen) atoms. The molecule has 1 aromatic carbocycles. The number of piperazine rings is 1. The smallest absolute Gasteiger partial charge is 0.339 e. The number of benzene rings is 1. The van der Waals surface area contributed by atoms with Gasteiger partial charge < -0.3 is 19.7 Å². The summed E-state index contributed by atoms with van der Waals surface area (Å²) in [5.74, 6) is -1.06. The lowest BCUT2D eigenvalue weighted by Crippen LogP contribution is -2.47. The zero-order valence-electron chi connectivity index (χ0n) is 16.2. The highest BCUT2D eigenvalue weighted by Crippen LogP contribution is 2.28. The molecule has 0 aliphatic carbocycles. The molecule has 3 rings (SSSR count). The Morgan fingerprint density at radius 3 is 2.71 bits per heavy atom. The summed E-state index contributed by atoms with van der Waals surface area (Å²) < 4.78 is 25.1. The summed E-state index contributed by atoms with van der Waals surface area (Å²) in [5, 5.41) is 2.61. The number of methoxy groups -OCH3 is 1. The topological polar surface area (TPSA) is 71.1 Å². The largest absolute Gasteiger partial charge is 0.453 e. The van der Waals surface area contributed by atoms with Crippen LogP contribution in [0.15, 0.2) is 24.3 Å². The van der Waals surface area contributed by atoms with Crippen LogP contribution in [0.2, 0.25) is 0 Å². The average molecular weight is 391 g/mol. The van der Waals surface area contributed by atoms with E-state index in [1.807, 2.05) is 4.90 Å². The second-order valence-corrected chi connectivity index (χ2v) is 6.95. The van der Waals surface area contributed by atoms with Crippen molar-refractivity contribution in [2.45, 2.75) is 13.0 Å². The number of hydrogen-bond acceptors (Lipinski definition) is 6. The van der Waals surface area contributed by atoms with Gasteiger partial charge in [0.2, 0.25) is 5.91 Å². The number of hydrogen-bond donors (Lipinski definition) is 1. The van der Waals surface area contributed by atoms with Crippen LogP contribution < -0.4 is 10.2 Å². The predicted molar refractivity (Wildman–Crippen MR) is 103 cm³/mol. The normalized spacial score (nSPS) is 20.1. The van der Waals surface area contributed by atoms with Gasteiger partial charge in [-0.1, -0.05) is 6.07 Å². The Balaban J connectivity index is 1.65. The first-order valence-electron chi connectivity index (χ1n) is 9.41. The minimum atomic E-state index is -0.533. The number of ether oxygens (including phenoxy) is 2. The molecular formula is C20H26FN3O4. The molecular weight excluding hydrogens is 365 g/mol. The third kappa shape index (κ3) is 4.88. The molecule has 0 radical (unpaired) electrons. The molecule has 0 bridgehead atoms. The van der Waals surface area contributed by atoms with Crippen molar-refractivity contribution in [2.24, 2.45) is 0 Å². The van der Waals surface area contributed by atoms with Crippen LogP contribution >= 0.6 is 0 Å². The Labute approximate surface area is 164 Å². The van der Waals surface area contributed by atoms with E-state index in [4.69, 9.17) is 9.47 Å². The van der Waals surface area contributed by atoms with E-state index in [0.29, 0.717) is 23.4 Å². The number of rotatable bonds is 7. The van der Waals surface area contributed by atoms with E-state index in [9.17, 15) is 14.0 Å². The van der Waals surface area contributed by atoms with Gasteiger partial charge in [-0.3, -0.25) is 9.69 Å². The summed E-state index contributed by atoms with van der Waals surface area (Å²) in [7, 11) is 1.69. The highest BCUT2D eigenvalue weighted by molar-refractivity contribution is 6.18. The fraction of sp³-hybridized carbons (Fsp3) is 0.500. The highest BCUT2D eigenvalue weighted by Gasteiger charge is 2.28. The summed E-state index contributed by atoms with van der Waals surface area (Å²) >= 11 is 0. The molecule has 8 heteroatoms. The molecule has 2 aliphatic heterocycles. The van der Waals surface area contributed by atoms with Crippen molar-refractivity contribution >= 4 is 23.1 Å². The quantitative estimate of drug-likeness (QED) is 0.701. The summed E-state index contributed by atoms with van der Waals surface area (Å²) in [4.78, 5) is 27.4. The van der Waals surface area contributed by atoms with Crippen LogP contribution in [-0.4, -0.2) is 75.9 Å². The first-order valence-corrected chi connectivity index (χ1v) is 9.41. The van der Waals surface area contributed by atoms with Gasteiger partial charge in [0.05, 0.1) is 24.4 Å². The van der Waals surface area contributed by atoms with E-state index in [1.54, 1.807) is 25.3 Å². The fourth-order valence-corrected chi connectivity index (χ4v) is 3.41. The van der Waals surface area contributed by atoms with Crippen LogP contribution in [0.3, 0.4) is 0 Å². The molecule has 1 atom stereocenters. The minimum Gasteiger partial charge on any atom is -0.453 e. The van der Waals surface area contributed by atoms with Crippen LogP contribution in [0.4, 0.5) is 10.1 Å². The first kappa shape index (κ1) is 20.3. The third-order valence-corrected chi connectivity index (χ3v) is 4.97. The monoisotopic (exact) mass is 391 g/mol. The SMILES string of the molecule is COCCN1CCN(c2ccc(C3=C[C@H](CNC(C)=O)OC3=O)cc2F)CC1. The van der Waals surface area contributed by atoms with Crippen LogP contribution in [-0.2, 0) is 19.1 Å². The number of carbonyl (C=O) groups is 2. The van der Waals surface area contributed by atoms with E-state index >= 15 is 0 Å². The van der Waals surface area contributed by atoms with Gasteiger partial charge in [-0.05, 0) is 23.8 Å². The van der Waals surface area contributed by atoms with E-state index in [-0.39, 0.29) is 18.3 Å². The Bertz CT molecular complexity index is 760. The van der Waals surface area contributed by atoms with Crippen molar-refractivity contribution in [2.75, 3.05) is 57.9 Å². The number of cyclic esters (lactones) is 1. The van der Waals surface area contributed by atoms with E-state index in [1.165, 1.54) is 13.0 Å². The van der Waals surface area contributed by atoms with E-state index in [0.717, 1.165) is 32.7 Å². The van der Waals surface area contributed by atoms with Crippen LogP contribution in [0.25, 0.3) is 5.57 Å². The summed E-state index contributed by atoms with van der Waals surface area (Å²) in [6.07, 6.45) is 1.09. The number of anilines is 1. The van der Waals surface area contributed by atoms with Gasteiger partial charge in [-0.2, -0.15) is 0 Å². The molecule has 2 aliphatic rings. The molecule has 1 fully saturated rings. The van der Waals surface area contributed by atoms with Gasteiger partial charge in [0, 0.05) is 46.8 Å². The fourth-order valence-electron chi connectivity index (χ4n) is 3.41. The number of amides is 1. The molecule has 2 heterocycles. The maximum absolute atomic E-state index is 14.8. The van der Waals surface area contributed by atoms with Gasteiger partial charge in [-0.15, -0.1) is 0 Å². The van der Waals surface area contributed by atoms with Gasteiger partial charge >= 0.3 is 5.97 Å². The van der Waals surface area contributed by atoms with Crippen molar-refractivity contribution in [3.05, 3.63) is 35.7 Å². The summed E-state index contributed by atoms with van der Waals surface area (Å²) in [6, 6.07) is 4.83. The van der Waals surface area contributed by atoms with E-state index < -0.39 is 12.1 Å². The molecule has 1 aromatic rings. The Kier molecular flexibility index (Phi) is 6.64. The number of carbonyl (C=O) groups excluding carboxylic acids is 2. The molecule has 0 unspecified atom stereocenters. The second kappa shape index (κ2) is 9.16. The van der Waals surface area contributed by atoms with Crippen LogP contribution in [0.5, 0.6) is 0 Å².